The van der Waals surface area contributed by atoms with Gasteiger partial charge < -0.3 is 15.0 Å². The Morgan fingerprint density at radius 2 is 2.16 bits per heavy atom. The number of hydrogen-bond acceptors (Lipinski definition) is 4. The molecule has 1 aliphatic heterocycles. The van der Waals surface area contributed by atoms with E-state index in [-0.39, 0.29) is 5.91 Å². The predicted octanol–water partition coefficient (Wildman–Crippen LogP) is 2.59. The van der Waals surface area contributed by atoms with Crippen molar-refractivity contribution < 1.29 is 9.53 Å². The maximum absolute atomic E-state index is 11.7. The van der Waals surface area contributed by atoms with Crippen LogP contribution >= 0.6 is 0 Å². The Labute approximate surface area is 149 Å². The number of benzene rings is 1. The van der Waals surface area contributed by atoms with Gasteiger partial charge >= 0.3 is 0 Å². The first-order valence-corrected chi connectivity index (χ1v) is 8.86. The highest BCUT2D eigenvalue weighted by Gasteiger charge is 2.20. The molecule has 0 atom stereocenters. The van der Waals surface area contributed by atoms with Gasteiger partial charge in [-0.05, 0) is 67.7 Å². The summed E-state index contributed by atoms with van der Waals surface area (Å²) >= 11 is 0. The number of ether oxygens (including phenoxy) is 1. The number of anilines is 1. The Morgan fingerprint density at radius 1 is 1.24 bits per heavy atom. The number of pyridine rings is 1. The van der Waals surface area contributed by atoms with Crippen molar-refractivity contribution in [1.82, 2.24) is 10.3 Å². The smallest absolute Gasteiger partial charge is 0.227 e. The van der Waals surface area contributed by atoms with Gasteiger partial charge in [0, 0.05) is 31.5 Å². The van der Waals surface area contributed by atoms with Crippen LogP contribution in [0.3, 0.4) is 0 Å². The minimum absolute atomic E-state index is 0.179. The van der Waals surface area contributed by atoms with E-state index in [0.717, 1.165) is 43.8 Å². The molecule has 0 unspecified atom stereocenters. The summed E-state index contributed by atoms with van der Waals surface area (Å²) in [5, 5.41) is 3.43. The molecule has 0 fully saturated rings. The fourth-order valence-corrected chi connectivity index (χ4v) is 3.01. The number of amides is 1. The summed E-state index contributed by atoms with van der Waals surface area (Å²) in [6, 6.07) is 10.1. The standard InChI is InChI=1S/C20H25N3O2/c1-23-19-7-6-18(14-17(19)5-8-20(23)24)25-13-3-11-21-12-9-16-4-2-10-22-15-16/h2,4,6-7,10,14-15,21H,3,5,8-9,11-13H2,1H3. The van der Waals surface area contributed by atoms with Crippen LogP contribution in [0.2, 0.25) is 0 Å². The molecule has 1 aromatic carbocycles. The molecule has 132 valence electrons. The van der Waals surface area contributed by atoms with Crippen LogP contribution in [0, 0.1) is 0 Å². The van der Waals surface area contributed by atoms with E-state index in [1.807, 2.05) is 31.4 Å². The normalized spacial score (nSPS) is 13.6. The highest BCUT2D eigenvalue weighted by atomic mass is 16.5. The van der Waals surface area contributed by atoms with Crippen molar-refractivity contribution in [1.29, 1.82) is 0 Å². The summed E-state index contributed by atoms with van der Waals surface area (Å²) in [4.78, 5) is 17.6. The quantitative estimate of drug-likeness (QED) is 0.751. The molecular weight excluding hydrogens is 314 g/mol. The molecule has 0 radical (unpaired) electrons. The van der Waals surface area contributed by atoms with E-state index < -0.39 is 0 Å². The minimum atomic E-state index is 0.179. The number of nitrogens with one attached hydrogen (secondary N) is 1. The van der Waals surface area contributed by atoms with Crippen molar-refractivity contribution in [3.63, 3.8) is 0 Å². The summed E-state index contributed by atoms with van der Waals surface area (Å²) in [5.74, 6) is 1.07. The highest BCUT2D eigenvalue weighted by Crippen LogP contribution is 2.30. The van der Waals surface area contributed by atoms with E-state index in [0.29, 0.717) is 13.0 Å². The average molecular weight is 339 g/mol. The van der Waals surface area contributed by atoms with Crippen LogP contribution in [-0.4, -0.2) is 37.6 Å². The third kappa shape index (κ3) is 4.79. The van der Waals surface area contributed by atoms with Crippen molar-refractivity contribution >= 4 is 11.6 Å². The van der Waals surface area contributed by atoms with Gasteiger partial charge in [-0.1, -0.05) is 6.07 Å². The fraction of sp³-hybridized carbons (Fsp3) is 0.400. The van der Waals surface area contributed by atoms with Crippen molar-refractivity contribution in [3.05, 3.63) is 53.9 Å². The monoisotopic (exact) mass is 339 g/mol. The van der Waals surface area contributed by atoms with Crippen molar-refractivity contribution in [2.45, 2.75) is 25.7 Å². The van der Waals surface area contributed by atoms with Gasteiger partial charge in [-0.2, -0.15) is 0 Å². The lowest BCUT2D eigenvalue weighted by molar-refractivity contribution is -0.118. The summed E-state index contributed by atoms with van der Waals surface area (Å²) in [7, 11) is 1.83. The van der Waals surface area contributed by atoms with E-state index in [2.05, 4.69) is 22.4 Å². The molecule has 0 spiro atoms. The van der Waals surface area contributed by atoms with Gasteiger partial charge in [0.25, 0.3) is 0 Å². The Balaban J connectivity index is 1.35. The third-order valence-corrected chi connectivity index (χ3v) is 4.47. The SMILES string of the molecule is CN1C(=O)CCc2cc(OCCCNCCc3cccnc3)ccc21. The van der Waals surface area contributed by atoms with Gasteiger partial charge in [0.15, 0.2) is 0 Å². The number of carbonyl (C=O) groups is 1. The topological polar surface area (TPSA) is 54.5 Å². The van der Waals surface area contributed by atoms with Crippen LogP contribution in [-0.2, 0) is 17.6 Å². The Hall–Kier alpha value is -2.40. The molecule has 25 heavy (non-hydrogen) atoms. The molecule has 3 rings (SSSR count). The van der Waals surface area contributed by atoms with E-state index >= 15 is 0 Å². The summed E-state index contributed by atoms with van der Waals surface area (Å²) in [5.41, 5.74) is 3.44. The lowest BCUT2D eigenvalue weighted by Gasteiger charge is -2.26. The van der Waals surface area contributed by atoms with E-state index in [1.54, 1.807) is 11.1 Å². The third-order valence-electron chi connectivity index (χ3n) is 4.47. The van der Waals surface area contributed by atoms with Crippen molar-refractivity contribution in [3.8, 4) is 5.75 Å². The molecule has 1 aromatic heterocycles. The summed E-state index contributed by atoms with van der Waals surface area (Å²) < 4.78 is 5.85. The van der Waals surface area contributed by atoms with Crippen LogP contribution in [0.15, 0.2) is 42.7 Å². The summed E-state index contributed by atoms with van der Waals surface area (Å²) in [6.07, 6.45) is 7.03. The minimum Gasteiger partial charge on any atom is -0.494 e. The van der Waals surface area contributed by atoms with Crippen LogP contribution in [0.25, 0.3) is 0 Å². The number of fused-ring (bicyclic) bond motifs is 1. The molecule has 2 heterocycles. The van der Waals surface area contributed by atoms with Gasteiger partial charge in [-0.15, -0.1) is 0 Å². The maximum atomic E-state index is 11.7. The number of carbonyl (C=O) groups excluding carboxylic acids is 1. The number of aromatic nitrogens is 1. The molecule has 0 aliphatic carbocycles. The number of hydrogen-bond donors (Lipinski definition) is 1. The average Bonchev–Trinajstić information content (AvgIpc) is 2.65. The fourth-order valence-electron chi connectivity index (χ4n) is 3.01. The lowest BCUT2D eigenvalue weighted by Crippen LogP contribution is -2.30. The van der Waals surface area contributed by atoms with Crippen molar-refractivity contribution in [2.75, 3.05) is 31.6 Å². The molecule has 5 heteroatoms. The molecule has 0 bridgehead atoms. The summed E-state index contributed by atoms with van der Waals surface area (Å²) in [6.45, 7) is 2.57. The number of aryl methyl sites for hydroxylation is 1. The molecule has 0 saturated heterocycles. The number of rotatable bonds is 8. The van der Waals surface area contributed by atoms with Gasteiger partial charge in [0.2, 0.25) is 5.91 Å². The van der Waals surface area contributed by atoms with E-state index in [9.17, 15) is 4.79 Å². The predicted molar refractivity (Wildman–Crippen MR) is 99.1 cm³/mol. The van der Waals surface area contributed by atoms with Gasteiger partial charge in [0.1, 0.15) is 5.75 Å². The van der Waals surface area contributed by atoms with Gasteiger partial charge in [-0.3, -0.25) is 9.78 Å². The van der Waals surface area contributed by atoms with Crippen LogP contribution in [0.4, 0.5) is 5.69 Å². The lowest BCUT2D eigenvalue weighted by atomic mass is 10.0. The first kappa shape index (κ1) is 17.4. The zero-order valence-electron chi connectivity index (χ0n) is 14.7. The molecule has 0 saturated carbocycles. The molecule has 1 aliphatic rings. The highest BCUT2D eigenvalue weighted by molar-refractivity contribution is 5.95. The maximum Gasteiger partial charge on any atom is 0.227 e. The molecule has 5 nitrogen and oxygen atoms in total. The van der Waals surface area contributed by atoms with E-state index in [1.165, 1.54) is 11.1 Å². The van der Waals surface area contributed by atoms with Crippen molar-refractivity contribution in [2.24, 2.45) is 0 Å². The Morgan fingerprint density at radius 3 is 3.00 bits per heavy atom. The van der Waals surface area contributed by atoms with E-state index in [4.69, 9.17) is 4.74 Å². The number of nitrogens with zero attached hydrogens (tertiary/aromatic N) is 2. The molecule has 2 aromatic rings. The Kier molecular flexibility index (Phi) is 6.01. The molecule has 1 N–H and O–H groups in total. The Bertz CT molecular complexity index is 703. The molecule has 1 amide bonds. The largest absolute Gasteiger partial charge is 0.494 e. The first-order valence-electron chi connectivity index (χ1n) is 8.86. The molecular formula is C20H25N3O2. The first-order chi connectivity index (χ1) is 12.2. The zero-order valence-corrected chi connectivity index (χ0v) is 14.7. The second-order valence-electron chi connectivity index (χ2n) is 6.31. The second kappa shape index (κ2) is 8.62. The van der Waals surface area contributed by atoms with Crippen LogP contribution < -0.4 is 15.0 Å². The zero-order chi connectivity index (χ0) is 17.5. The van der Waals surface area contributed by atoms with Crippen LogP contribution in [0.1, 0.15) is 24.0 Å². The van der Waals surface area contributed by atoms with Gasteiger partial charge in [-0.25, -0.2) is 0 Å². The van der Waals surface area contributed by atoms with Gasteiger partial charge in [0.05, 0.1) is 6.61 Å². The van der Waals surface area contributed by atoms with Crippen LogP contribution in [0.5, 0.6) is 5.75 Å². The second-order valence-corrected chi connectivity index (χ2v) is 6.31.